The summed E-state index contributed by atoms with van der Waals surface area (Å²) in [5.74, 6) is -1.13. The lowest BCUT2D eigenvalue weighted by atomic mass is 10.1. The van der Waals surface area contributed by atoms with Crippen molar-refractivity contribution >= 4 is 40.3 Å². The zero-order chi connectivity index (χ0) is 20.8. The Kier molecular flexibility index (Phi) is 7.17. The quantitative estimate of drug-likeness (QED) is 0.541. The molecule has 0 aromatic carbocycles. The maximum atomic E-state index is 12.5. The summed E-state index contributed by atoms with van der Waals surface area (Å²) in [6, 6.07) is 3.40. The summed E-state index contributed by atoms with van der Waals surface area (Å²) in [4.78, 5) is 37.4. The van der Waals surface area contributed by atoms with Crippen LogP contribution in [0.25, 0.3) is 6.08 Å². The highest BCUT2D eigenvalue weighted by molar-refractivity contribution is 7.18. The van der Waals surface area contributed by atoms with Crippen LogP contribution >= 0.6 is 11.3 Å². The molecular formula is C20H23NO6S. The molecule has 2 heterocycles. The zero-order valence-electron chi connectivity index (χ0n) is 16.4. The van der Waals surface area contributed by atoms with Gasteiger partial charge in [0.1, 0.15) is 15.6 Å². The van der Waals surface area contributed by atoms with Gasteiger partial charge in [-0.15, -0.1) is 11.3 Å². The molecule has 1 N–H and O–H groups in total. The number of carbonyl (C=O) groups excluding carboxylic acids is 3. The number of carbonyl (C=O) groups is 3. The first-order chi connectivity index (χ1) is 13.2. The maximum absolute atomic E-state index is 12.5. The number of hydrogen-bond acceptors (Lipinski definition) is 7. The molecule has 2 rings (SSSR count). The van der Waals surface area contributed by atoms with E-state index >= 15 is 0 Å². The number of furan rings is 1. The third kappa shape index (κ3) is 5.56. The Morgan fingerprint density at radius 2 is 1.75 bits per heavy atom. The van der Waals surface area contributed by atoms with Gasteiger partial charge in [-0.3, -0.25) is 4.79 Å². The van der Waals surface area contributed by atoms with Crippen LogP contribution in [-0.4, -0.2) is 30.1 Å². The number of nitrogens with one attached hydrogen (secondary N) is 1. The molecule has 1 amide bonds. The van der Waals surface area contributed by atoms with E-state index in [2.05, 4.69) is 5.32 Å². The Labute approximate surface area is 167 Å². The van der Waals surface area contributed by atoms with Crippen molar-refractivity contribution in [1.29, 1.82) is 0 Å². The highest BCUT2D eigenvalue weighted by Crippen LogP contribution is 2.34. The Hall–Kier alpha value is -2.87. The maximum Gasteiger partial charge on any atom is 0.348 e. The second kappa shape index (κ2) is 9.36. The van der Waals surface area contributed by atoms with Gasteiger partial charge in [0.15, 0.2) is 0 Å². The zero-order valence-corrected chi connectivity index (χ0v) is 17.2. The average molecular weight is 405 g/mol. The van der Waals surface area contributed by atoms with Crippen molar-refractivity contribution in [2.24, 2.45) is 0 Å². The van der Waals surface area contributed by atoms with Crippen LogP contribution in [-0.2, 0) is 14.3 Å². The molecule has 0 fully saturated rings. The van der Waals surface area contributed by atoms with E-state index in [1.54, 1.807) is 46.8 Å². The standard InChI is InChI=1S/C20H23NO6S/c1-11(2)26-19(23)16-13(5)17(20(24)27-12(3)4)28-18(16)21-15(22)9-8-14-7-6-10-25-14/h6-12H,1-5H3,(H,21,22)/b9-8+. The fourth-order valence-electron chi connectivity index (χ4n) is 2.28. The van der Waals surface area contributed by atoms with Crippen LogP contribution in [0.1, 0.15) is 59.0 Å². The van der Waals surface area contributed by atoms with Gasteiger partial charge in [-0.1, -0.05) is 0 Å². The van der Waals surface area contributed by atoms with Gasteiger partial charge in [-0.25, -0.2) is 9.59 Å². The fourth-order valence-corrected chi connectivity index (χ4v) is 3.36. The Balaban J connectivity index is 2.33. The molecule has 2 aromatic heterocycles. The Bertz CT molecular complexity index is 877. The lowest BCUT2D eigenvalue weighted by Gasteiger charge is -2.10. The largest absolute Gasteiger partial charge is 0.465 e. The van der Waals surface area contributed by atoms with Crippen LogP contribution in [0.5, 0.6) is 0 Å². The van der Waals surface area contributed by atoms with Crippen molar-refractivity contribution in [1.82, 2.24) is 0 Å². The summed E-state index contributed by atoms with van der Waals surface area (Å²) in [7, 11) is 0. The lowest BCUT2D eigenvalue weighted by Crippen LogP contribution is -2.16. The van der Waals surface area contributed by atoms with Gasteiger partial charge < -0.3 is 19.2 Å². The van der Waals surface area contributed by atoms with Crippen molar-refractivity contribution in [3.63, 3.8) is 0 Å². The first-order valence-electron chi connectivity index (χ1n) is 8.77. The summed E-state index contributed by atoms with van der Waals surface area (Å²) < 4.78 is 15.6. The topological polar surface area (TPSA) is 94.8 Å². The number of ether oxygens (including phenoxy) is 2. The average Bonchev–Trinajstić information content (AvgIpc) is 3.19. The van der Waals surface area contributed by atoms with Crippen LogP contribution < -0.4 is 5.32 Å². The van der Waals surface area contributed by atoms with Crippen molar-refractivity contribution < 1.29 is 28.3 Å². The molecular weight excluding hydrogens is 382 g/mol. The molecule has 0 atom stereocenters. The lowest BCUT2D eigenvalue weighted by molar-refractivity contribution is -0.111. The summed E-state index contributed by atoms with van der Waals surface area (Å²) in [6.45, 7) is 8.53. The predicted molar refractivity (Wildman–Crippen MR) is 107 cm³/mol. The van der Waals surface area contributed by atoms with Gasteiger partial charge in [-0.2, -0.15) is 0 Å². The van der Waals surface area contributed by atoms with Crippen LogP contribution in [0.4, 0.5) is 5.00 Å². The molecule has 0 saturated carbocycles. The van der Waals surface area contributed by atoms with Crippen molar-refractivity contribution in [3.05, 3.63) is 46.2 Å². The number of esters is 2. The number of hydrogen-bond donors (Lipinski definition) is 1. The van der Waals surface area contributed by atoms with E-state index in [1.165, 1.54) is 18.4 Å². The molecule has 8 heteroatoms. The molecule has 7 nitrogen and oxygen atoms in total. The second-order valence-corrected chi connectivity index (χ2v) is 7.53. The van der Waals surface area contributed by atoms with Crippen molar-refractivity contribution in [3.8, 4) is 0 Å². The van der Waals surface area contributed by atoms with Crippen LogP contribution in [0, 0.1) is 6.92 Å². The first-order valence-corrected chi connectivity index (χ1v) is 9.58. The first kappa shape index (κ1) is 21.4. The van der Waals surface area contributed by atoms with Gasteiger partial charge in [-0.05, 0) is 58.4 Å². The monoisotopic (exact) mass is 405 g/mol. The fraction of sp³-hybridized carbons (Fsp3) is 0.350. The molecule has 28 heavy (non-hydrogen) atoms. The summed E-state index contributed by atoms with van der Waals surface area (Å²) in [5, 5.41) is 2.87. The molecule has 0 bridgehead atoms. The molecule has 2 aromatic rings. The van der Waals surface area contributed by atoms with Gasteiger partial charge in [0.25, 0.3) is 0 Å². The number of anilines is 1. The van der Waals surface area contributed by atoms with E-state index in [0.29, 0.717) is 11.3 Å². The third-order valence-corrected chi connectivity index (χ3v) is 4.59. The van der Waals surface area contributed by atoms with Gasteiger partial charge in [0, 0.05) is 6.08 Å². The predicted octanol–water partition coefficient (Wildman–Crippen LogP) is 4.43. The molecule has 0 saturated heterocycles. The number of amides is 1. The van der Waals surface area contributed by atoms with E-state index in [1.807, 2.05) is 0 Å². The van der Waals surface area contributed by atoms with Crippen LogP contribution in [0.2, 0.25) is 0 Å². The molecule has 150 valence electrons. The molecule has 0 radical (unpaired) electrons. The smallest absolute Gasteiger partial charge is 0.348 e. The molecule has 0 aliphatic heterocycles. The van der Waals surface area contributed by atoms with E-state index in [4.69, 9.17) is 13.9 Å². The second-order valence-electron chi connectivity index (χ2n) is 6.51. The normalized spacial score (nSPS) is 11.2. The van der Waals surface area contributed by atoms with E-state index in [-0.39, 0.29) is 27.6 Å². The van der Waals surface area contributed by atoms with Gasteiger partial charge in [0.2, 0.25) is 5.91 Å². The minimum absolute atomic E-state index is 0.147. The number of rotatable bonds is 7. The van der Waals surface area contributed by atoms with Crippen molar-refractivity contribution in [2.45, 2.75) is 46.8 Å². The molecule has 0 spiro atoms. The van der Waals surface area contributed by atoms with Crippen LogP contribution in [0.15, 0.2) is 28.9 Å². The summed E-state index contributed by atoms with van der Waals surface area (Å²) in [5.41, 5.74) is 0.556. The van der Waals surface area contributed by atoms with Gasteiger partial charge >= 0.3 is 11.9 Å². The SMILES string of the molecule is Cc1c(C(=O)OC(C)C)sc(NC(=O)/C=C/c2ccco2)c1C(=O)OC(C)C. The van der Waals surface area contributed by atoms with Gasteiger partial charge in [0.05, 0.1) is 24.0 Å². The third-order valence-electron chi connectivity index (χ3n) is 3.40. The molecule has 0 aliphatic carbocycles. The highest BCUT2D eigenvalue weighted by Gasteiger charge is 2.28. The molecule has 0 aliphatic rings. The highest BCUT2D eigenvalue weighted by atomic mass is 32.1. The van der Waals surface area contributed by atoms with Crippen LogP contribution in [0.3, 0.4) is 0 Å². The summed E-state index contributed by atoms with van der Waals surface area (Å²) >= 11 is 0.979. The van der Waals surface area contributed by atoms with E-state index in [9.17, 15) is 14.4 Å². The van der Waals surface area contributed by atoms with E-state index in [0.717, 1.165) is 11.3 Å². The Morgan fingerprint density at radius 3 is 2.32 bits per heavy atom. The number of thiophene rings is 1. The summed E-state index contributed by atoms with van der Waals surface area (Å²) in [6.07, 6.45) is 3.61. The van der Waals surface area contributed by atoms with Crippen molar-refractivity contribution in [2.75, 3.05) is 5.32 Å². The minimum Gasteiger partial charge on any atom is -0.465 e. The minimum atomic E-state index is -0.613. The van der Waals surface area contributed by atoms with E-state index < -0.39 is 17.8 Å². The Morgan fingerprint density at radius 1 is 1.11 bits per heavy atom. The molecule has 0 unspecified atom stereocenters.